The van der Waals surface area contributed by atoms with Crippen LogP contribution in [0.5, 0.6) is 0 Å². The van der Waals surface area contributed by atoms with E-state index in [-0.39, 0.29) is 11.7 Å². The van der Waals surface area contributed by atoms with Crippen LogP contribution in [0, 0.1) is 5.82 Å². The standard InChI is InChI=1S/C32H28FN3OS/c33-27-15-7-4-12-23(27)20-36-21-24(25-13-5-8-16-28(25)36)19-35-32-30(26-14-6-9-17-29(26)38-32)31(37)34-18-22-10-2-1-3-11-22/h1-5,7-8,10-13,15-16,19,21H,6,9,14,17-18,20H2,(H,34,37). The van der Waals surface area contributed by atoms with Gasteiger partial charge >= 0.3 is 0 Å². The van der Waals surface area contributed by atoms with E-state index in [2.05, 4.69) is 16.0 Å². The van der Waals surface area contributed by atoms with Crippen LogP contribution in [0.1, 0.15) is 50.3 Å². The van der Waals surface area contributed by atoms with Crippen LogP contribution in [0.4, 0.5) is 9.39 Å². The number of carbonyl (C=O) groups excluding carboxylic acids is 1. The maximum Gasteiger partial charge on any atom is 0.254 e. The van der Waals surface area contributed by atoms with E-state index >= 15 is 0 Å². The minimum Gasteiger partial charge on any atom is -0.348 e. The van der Waals surface area contributed by atoms with E-state index in [1.807, 2.05) is 73.1 Å². The van der Waals surface area contributed by atoms with Gasteiger partial charge in [-0.15, -0.1) is 11.3 Å². The van der Waals surface area contributed by atoms with Gasteiger partial charge in [0.2, 0.25) is 0 Å². The Morgan fingerprint density at radius 3 is 2.61 bits per heavy atom. The number of nitrogens with one attached hydrogen (secondary N) is 1. The number of benzene rings is 3. The Bertz CT molecular complexity index is 1630. The highest BCUT2D eigenvalue weighted by atomic mass is 32.1. The largest absolute Gasteiger partial charge is 0.348 e. The van der Waals surface area contributed by atoms with Gasteiger partial charge in [-0.3, -0.25) is 4.79 Å². The van der Waals surface area contributed by atoms with Gasteiger partial charge in [0.15, 0.2) is 0 Å². The number of para-hydroxylation sites is 1. The average molecular weight is 522 g/mol. The van der Waals surface area contributed by atoms with E-state index in [9.17, 15) is 9.18 Å². The Balaban J connectivity index is 1.33. The van der Waals surface area contributed by atoms with Crippen LogP contribution >= 0.6 is 11.3 Å². The molecule has 190 valence electrons. The third kappa shape index (κ3) is 4.92. The highest BCUT2D eigenvalue weighted by Crippen LogP contribution is 2.40. The summed E-state index contributed by atoms with van der Waals surface area (Å²) < 4.78 is 16.4. The molecule has 0 spiro atoms. The molecule has 0 atom stereocenters. The van der Waals surface area contributed by atoms with Crippen LogP contribution in [0.25, 0.3) is 10.9 Å². The lowest BCUT2D eigenvalue weighted by Gasteiger charge is -2.12. The van der Waals surface area contributed by atoms with Crippen molar-refractivity contribution in [2.45, 2.75) is 38.8 Å². The Hall–Kier alpha value is -4.03. The van der Waals surface area contributed by atoms with E-state index in [1.54, 1.807) is 17.4 Å². The number of thiophene rings is 1. The molecule has 3 aromatic carbocycles. The number of aromatic nitrogens is 1. The fraction of sp³-hybridized carbons (Fsp3) is 0.188. The van der Waals surface area contributed by atoms with Crippen LogP contribution < -0.4 is 5.32 Å². The predicted molar refractivity (Wildman–Crippen MR) is 153 cm³/mol. The van der Waals surface area contributed by atoms with Crippen molar-refractivity contribution in [1.29, 1.82) is 0 Å². The van der Waals surface area contributed by atoms with Crippen molar-refractivity contribution in [1.82, 2.24) is 9.88 Å². The van der Waals surface area contributed by atoms with Crippen molar-refractivity contribution < 1.29 is 9.18 Å². The van der Waals surface area contributed by atoms with Crippen molar-refractivity contribution in [2.24, 2.45) is 4.99 Å². The summed E-state index contributed by atoms with van der Waals surface area (Å²) in [6, 6.07) is 24.9. The molecule has 2 heterocycles. The molecule has 0 bridgehead atoms. The van der Waals surface area contributed by atoms with Gasteiger partial charge in [-0.05, 0) is 48.9 Å². The van der Waals surface area contributed by atoms with Crippen molar-refractivity contribution in [3.63, 3.8) is 0 Å². The first-order valence-electron chi connectivity index (χ1n) is 13.0. The Morgan fingerprint density at radius 2 is 1.74 bits per heavy atom. The zero-order chi connectivity index (χ0) is 25.9. The molecule has 6 rings (SSSR count). The maximum atomic E-state index is 14.4. The number of carbonyl (C=O) groups is 1. The minimum absolute atomic E-state index is 0.0672. The lowest BCUT2D eigenvalue weighted by Crippen LogP contribution is -2.24. The molecule has 1 aliphatic carbocycles. The molecule has 0 aliphatic heterocycles. The molecule has 0 fully saturated rings. The number of rotatable bonds is 7. The number of aliphatic imine (C=N–C) groups is 1. The second-order valence-electron chi connectivity index (χ2n) is 9.64. The number of amides is 1. The Kier molecular flexibility index (Phi) is 6.88. The van der Waals surface area contributed by atoms with Gasteiger partial charge in [-0.1, -0.05) is 66.7 Å². The first kappa shape index (κ1) is 24.3. The van der Waals surface area contributed by atoms with Crippen molar-refractivity contribution in [3.05, 3.63) is 124 Å². The number of aryl methyl sites for hydroxylation is 1. The molecule has 1 aliphatic rings. The second kappa shape index (κ2) is 10.8. The molecule has 38 heavy (non-hydrogen) atoms. The van der Waals surface area contributed by atoms with Crippen LogP contribution in [-0.2, 0) is 25.9 Å². The third-order valence-electron chi connectivity index (χ3n) is 7.11. The quantitative estimate of drug-likeness (QED) is 0.222. The summed E-state index contributed by atoms with van der Waals surface area (Å²) in [5.41, 5.74) is 5.54. The molecule has 1 amide bonds. The van der Waals surface area contributed by atoms with Crippen molar-refractivity contribution in [3.8, 4) is 0 Å². The van der Waals surface area contributed by atoms with Crippen LogP contribution in [0.15, 0.2) is 90.1 Å². The fourth-order valence-electron chi connectivity index (χ4n) is 5.19. The predicted octanol–water partition coefficient (Wildman–Crippen LogP) is 7.45. The second-order valence-corrected chi connectivity index (χ2v) is 10.7. The third-order valence-corrected chi connectivity index (χ3v) is 8.31. The summed E-state index contributed by atoms with van der Waals surface area (Å²) in [5.74, 6) is -0.279. The number of fused-ring (bicyclic) bond motifs is 2. The highest BCUT2D eigenvalue weighted by molar-refractivity contribution is 7.16. The zero-order valence-corrected chi connectivity index (χ0v) is 21.8. The lowest BCUT2D eigenvalue weighted by atomic mass is 9.95. The zero-order valence-electron chi connectivity index (χ0n) is 21.0. The number of hydrogen-bond donors (Lipinski definition) is 1. The van der Waals surface area contributed by atoms with Crippen molar-refractivity contribution >= 4 is 39.4 Å². The summed E-state index contributed by atoms with van der Waals surface area (Å²) in [5, 5.41) is 4.91. The van der Waals surface area contributed by atoms with E-state index in [0.717, 1.165) is 58.3 Å². The van der Waals surface area contributed by atoms with Gasteiger partial charge in [0.1, 0.15) is 10.8 Å². The first-order chi connectivity index (χ1) is 18.7. The molecule has 0 unspecified atom stereocenters. The summed E-state index contributed by atoms with van der Waals surface area (Å²) in [6.45, 7) is 0.915. The van der Waals surface area contributed by atoms with Gasteiger partial charge < -0.3 is 9.88 Å². The van der Waals surface area contributed by atoms with Gasteiger partial charge in [-0.2, -0.15) is 0 Å². The SMILES string of the molecule is O=C(NCc1ccccc1)c1c(N=Cc2cn(Cc3ccccc3F)c3ccccc23)sc2c1CCCC2. The summed E-state index contributed by atoms with van der Waals surface area (Å²) in [6.07, 6.45) is 8.02. The van der Waals surface area contributed by atoms with Crippen LogP contribution in [-0.4, -0.2) is 16.7 Å². The molecule has 1 N–H and O–H groups in total. The molecule has 5 aromatic rings. The Labute approximate surface area is 225 Å². The number of nitrogens with zero attached hydrogens (tertiary/aromatic N) is 2. The van der Waals surface area contributed by atoms with Gasteiger partial charge in [0.25, 0.3) is 5.91 Å². The molecule has 2 aromatic heterocycles. The minimum atomic E-state index is -0.212. The highest BCUT2D eigenvalue weighted by Gasteiger charge is 2.25. The topological polar surface area (TPSA) is 46.4 Å². The number of halogens is 1. The van der Waals surface area contributed by atoms with E-state index in [1.165, 1.54) is 10.9 Å². The number of hydrogen-bond acceptors (Lipinski definition) is 3. The van der Waals surface area contributed by atoms with Gasteiger partial charge in [0.05, 0.1) is 12.1 Å². The molecular weight excluding hydrogens is 493 g/mol. The van der Waals surface area contributed by atoms with Crippen LogP contribution in [0.3, 0.4) is 0 Å². The normalized spacial score (nSPS) is 13.2. The average Bonchev–Trinajstić information content (AvgIpc) is 3.50. The summed E-state index contributed by atoms with van der Waals surface area (Å²) in [4.78, 5) is 19.6. The van der Waals surface area contributed by atoms with E-state index < -0.39 is 0 Å². The van der Waals surface area contributed by atoms with Gasteiger partial charge in [0, 0.05) is 45.9 Å². The summed E-state index contributed by atoms with van der Waals surface area (Å²) in [7, 11) is 0. The maximum absolute atomic E-state index is 14.4. The molecule has 0 saturated heterocycles. The molecular formula is C32H28FN3OS. The first-order valence-corrected chi connectivity index (χ1v) is 13.8. The summed E-state index contributed by atoms with van der Waals surface area (Å²) >= 11 is 1.63. The molecule has 4 nitrogen and oxygen atoms in total. The fourth-order valence-corrected chi connectivity index (χ4v) is 6.42. The molecule has 6 heteroatoms. The Morgan fingerprint density at radius 1 is 0.974 bits per heavy atom. The lowest BCUT2D eigenvalue weighted by molar-refractivity contribution is 0.0951. The smallest absolute Gasteiger partial charge is 0.254 e. The molecule has 0 radical (unpaired) electrons. The van der Waals surface area contributed by atoms with E-state index in [0.29, 0.717) is 24.2 Å². The molecule has 0 saturated carbocycles. The van der Waals surface area contributed by atoms with Gasteiger partial charge in [-0.25, -0.2) is 9.38 Å². The van der Waals surface area contributed by atoms with E-state index in [4.69, 9.17) is 4.99 Å². The monoisotopic (exact) mass is 521 g/mol. The van der Waals surface area contributed by atoms with Crippen molar-refractivity contribution in [2.75, 3.05) is 0 Å². The van der Waals surface area contributed by atoms with Crippen LogP contribution in [0.2, 0.25) is 0 Å².